The van der Waals surface area contributed by atoms with Gasteiger partial charge in [0.25, 0.3) is 0 Å². The largest absolute Gasteiger partial charge is 0.355 e. The monoisotopic (exact) mass is 255 g/mol. The summed E-state index contributed by atoms with van der Waals surface area (Å²) in [5, 5.41) is 8.90. The van der Waals surface area contributed by atoms with Crippen LogP contribution in [0.1, 0.15) is 40.0 Å². The van der Waals surface area contributed by atoms with E-state index >= 15 is 0 Å². The molecule has 3 N–H and O–H groups in total. The topological polar surface area (TPSA) is 70.2 Å². The minimum Gasteiger partial charge on any atom is -0.355 e. The molecule has 5 nitrogen and oxygen atoms in total. The van der Waals surface area contributed by atoms with Crippen molar-refractivity contribution in [3.63, 3.8) is 0 Å². The third kappa shape index (κ3) is 6.00. The first-order valence-corrected chi connectivity index (χ1v) is 6.68. The van der Waals surface area contributed by atoms with Crippen LogP contribution in [-0.4, -0.2) is 37.0 Å². The number of carbonyl (C=O) groups excluding carboxylic acids is 2. The average molecular weight is 255 g/mol. The molecule has 1 aliphatic heterocycles. The molecule has 1 saturated heterocycles. The molecule has 1 fully saturated rings. The zero-order valence-corrected chi connectivity index (χ0v) is 11.6. The van der Waals surface area contributed by atoms with Gasteiger partial charge in [-0.1, -0.05) is 0 Å². The van der Waals surface area contributed by atoms with Gasteiger partial charge in [0.2, 0.25) is 11.8 Å². The van der Waals surface area contributed by atoms with Gasteiger partial charge in [-0.2, -0.15) is 0 Å². The second kappa shape index (κ2) is 6.73. The van der Waals surface area contributed by atoms with E-state index in [1.54, 1.807) is 0 Å². The summed E-state index contributed by atoms with van der Waals surface area (Å²) in [6.45, 7) is 7.99. The number of piperidine rings is 1. The maximum absolute atomic E-state index is 11.8. The first kappa shape index (κ1) is 15.0. The number of hydrogen-bond acceptors (Lipinski definition) is 3. The van der Waals surface area contributed by atoms with E-state index in [2.05, 4.69) is 16.0 Å². The van der Waals surface area contributed by atoms with Gasteiger partial charge in [0.1, 0.15) is 0 Å². The highest BCUT2D eigenvalue weighted by Crippen LogP contribution is 2.09. The summed E-state index contributed by atoms with van der Waals surface area (Å²) < 4.78 is 0. The van der Waals surface area contributed by atoms with Gasteiger partial charge in [-0.3, -0.25) is 9.59 Å². The fourth-order valence-corrected chi connectivity index (χ4v) is 2.00. The van der Waals surface area contributed by atoms with Gasteiger partial charge in [0.15, 0.2) is 0 Å². The molecular weight excluding hydrogens is 230 g/mol. The lowest BCUT2D eigenvalue weighted by Crippen LogP contribution is -2.44. The van der Waals surface area contributed by atoms with Crippen molar-refractivity contribution in [1.82, 2.24) is 16.0 Å². The van der Waals surface area contributed by atoms with Crippen molar-refractivity contribution in [2.75, 3.05) is 19.6 Å². The zero-order valence-electron chi connectivity index (χ0n) is 11.6. The highest BCUT2D eigenvalue weighted by Gasteiger charge is 2.20. The SMILES string of the molecule is CC(C)(C)NC(=O)CCNC(=O)[C@H]1CCCNC1. The average Bonchev–Trinajstić information content (AvgIpc) is 2.27. The minimum absolute atomic E-state index is 0.0235. The summed E-state index contributed by atoms with van der Waals surface area (Å²) in [6, 6.07) is 0. The van der Waals surface area contributed by atoms with E-state index in [0.717, 1.165) is 25.9 Å². The summed E-state index contributed by atoms with van der Waals surface area (Å²) in [4.78, 5) is 23.3. The van der Waals surface area contributed by atoms with Gasteiger partial charge in [0.05, 0.1) is 5.92 Å². The molecule has 0 bridgehead atoms. The predicted molar refractivity (Wildman–Crippen MR) is 71.1 cm³/mol. The van der Waals surface area contributed by atoms with Crippen LogP contribution in [0.5, 0.6) is 0 Å². The molecule has 18 heavy (non-hydrogen) atoms. The molecule has 0 aromatic carbocycles. The number of rotatable bonds is 4. The molecule has 0 aromatic rings. The lowest BCUT2D eigenvalue weighted by molar-refractivity contribution is -0.125. The molecule has 0 radical (unpaired) electrons. The van der Waals surface area contributed by atoms with Crippen molar-refractivity contribution in [3.8, 4) is 0 Å². The Kier molecular flexibility index (Phi) is 5.59. The normalized spacial score (nSPS) is 20.3. The fraction of sp³-hybridized carbons (Fsp3) is 0.846. The van der Waals surface area contributed by atoms with Crippen LogP contribution in [0.3, 0.4) is 0 Å². The summed E-state index contributed by atoms with van der Waals surface area (Å²) in [5.74, 6) is 0.0970. The Balaban J connectivity index is 2.17. The van der Waals surface area contributed by atoms with Gasteiger partial charge in [0, 0.05) is 25.0 Å². The molecule has 0 aromatic heterocycles. The molecule has 104 valence electrons. The molecular formula is C13H25N3O2. The lowest BCUT2D eigenvalue weighted by atomic mass is 9.99. The molecule has 2 amide bonds. The molecule has 1 atom stereocenters. The summed E-state index contributed by atoms with van der Waals surface area (Å²) >= 11 is 0. The molecule has 0 aliphatic carbocycles. The first-order valence-electron chi connectivity index (χ1n) is 6.68. The number of amides is 2. The van der Waals surface area contributed by atoms with Crippen molar-refractivity contribution in [2.24, 2.45) is 5.92 Å². The fourth-order valence-electron chi connectivity index (χ4n) is 2.00. The molecule has 1 aliphatic rings. The first-order chi connectivity index (χ1) is 8.38. The third-order valence-corrected chi connectivity index (χ3v) is 2.83. The Bertz CT molecular complexity index is 291. The number of carbonyl (C=O) groups is 2. The molecule has 1 heterocycles. The van der Waals surface area contributed by atoms with E-state index in [4.69, 9.17) is 0 Å². The predicted octanol–water partition coefficient (Wildman–Crippen LogP) is 0.407. The quantitative estimate of drug-likeness (QED) is 0.681. The van der Waals surface area contributed by atoms with Gasteiger partial charge in [-0.25, -0.2) is 0 Å². The van der Waals surface area contributed by atoms with E-state index in [-0.39, 0.29) is 23.3 Å². The van der Waals surface area contributed by atoms with Crippen LogP contribution >= 0.6 is 0 Å². The van der Waals surface area contributed by atoms with E-state index in [9.17, 15) is 9.59 Å². The van der Waals surface area contributed by atoms with Crippen molar-refractivity contribution < 1.29 is 9.59 Å². The summed E-state index contributed by atoms with van der Waals surface area (Å²) in [6.07, 6.45) is 2.32. The molecule has 0 unspecified atom stereocenters. The van der Waals surface area contributed by atoms with Crippen molar-refractivity contribution in [2.45, 2.75) is 45.6 Å². The standard InChI is InChI=1S/C13H25N3O2/c1-13(2,3)16-11(17)6-8-15-12(18)10-5-4-7-14-9-10/h10,14H,4-9H2,1-3H3,(H,15,18)(H,16,17)/t10-/m0/s1. The smallest absolute Gasteiger partial charge is 0.224 e. The summed E-state index contributed by atoms with van der Waals surface area (Å²) in [5.41, 5.74) is -0.214. The second-order valence-electron chi connectivity index (χ2n) is 5.88. The van der Waals surface area contributed by atoms with E-state index in [1.807, 2.05) is 20.8 Å². The third-order valence-electron chi connectivity index (χ3n) is 2.83. The van der Waals surface area contributed by atoms with Gasteiger partial charge >= 0.3 is 0 Å². The molecule has 0 spiro atoms. The number of nitrogens with one attached hydrogen (secondary N) is 3. The van der Waals surface area contributed by atoms with Crippen LogP contribution in [-0.2, 0) is 9.59 Å². The Morgan fingerprint density at radius 2 is 2.06 bits per heavy atom. The molecule has 5 heteroatoms. The number of hydrogen-bond donors (Lipinski definition) is 3. The van der Waals surface area contributed by atoms with Crippen molar-refractivity contribution in [1.29, 1.82) is 0 Å². The maximum atomic E-state index is 11.8. The van der Waals surface area contributed by atoms with E-state index in [0.29, 0.717) is 13.0 Å². The Morgan fingerprint density at radius 1 is 1.33 bits per heavy atom. The van der Waals surface area contributed by atoms with E-state index < -0.39 is 0 Å². The van der Waals surface area contributed by atoms with Crippen LogP contribution in [0.15, 0.2) is 0 Å². The zero-order chi connectivity index (χ0) is 13.6. The van der Waals surface area contributed by atoms with Crippen LogP contribution in [0, 0.1) is 5.92 Å². The van der Waals surface area contributed by atoms with Crippen LogP contribution in [0.25, 0.3) is 0 Å². The van der Waals surface area contributed by atoms with Crippen molar-refractivity contribution in [3.05, 3.63) is 0 Å². The van der Waals surface area contributed by atoms with Crippen LogP contribution in [0.4, 0.5) is 0 Å². The van der Waals surface area contributed by atoms with Gasteiger partial charge in [-0.05, 0) is 40.2 Å². The Hall–Kier alpha value is -1.10. The minimum atomic E-state index is -0.214. The molecule has 0 saturated carbocycles. The summed E-state index contributed by atoms with van der Waals surface area (Å²) in [7, 11) is 0. The van der Waals surface area contributed by atoms with Crippen LogP contribution in [0.2, 0.25) is 0 Å². The highest BCUT2D eigenvalue weighted by atomic mass is 16.2. The second-order valence-corrected chi connectivity index (χ2v) is 5.88. The van der Waals surface area contributed by atoms with Gasteiger partial charge in [-0.15, -0.1) is 0 Å². The Labute approximate surface area is 109 Å². The Morgan fingerprint density at radius 3 is 2.61 bits per heavy atom. The van der Waals surface area contributed by atoms with Crippen molar-refractivity contribution >= 4 is 11.8 Å². The van der Waals surface area contributed by atoms with E-state index in [1.165, 1.54) is 0 Å². The van der Waals surface area contributed by atoms with Crippen LogP contribution < -0.4 is 16.0 Å². The maximum Gasteiger partial charge on any atom is 0.224 e. The molecule has 1 rings (SSSR count). The lowest BCUT2D eigenvalue weighted by Gasteiger charge is -2.22. The highest BCUT2D eigenvalue weighted by molar-refractivity contribution is 5.80. The van der Waals surface area contributed by atoms with Gasteiger partial charge < -0.3 is 16.0 Å².